The van der Waals surface area contributed by atoms with E-state index in [1.54, 1.807) is 0 Å². The molecule has 0 aliphatic rings. The zero-order valence-corrected chi connectivity index (χ0v) is 32.4. The summed E-state index contributed by atoms with van der Waals surface area (Å²) in [6.45, 7) is 0. The lowest BCUT2D eigenvalue weighted by atomic mass is 10.0. The quantitative estimate of drug-likeness (QED) is 0.169. The Morgan fingerprint density at radius 2 is 0.800 bits per heavy atom. The summed E-state index contributed by atoms with van der Waals surface area (Å²) >= 11 is 0. The molecule has 0 atom stereocenters. The number of nitrogens with zero attached hydrogens (tertiary/aromatic N) is 5. The van der Waals surface area contributed by atoms with Crippen molar-refractivity contribution < 1.29 is 0 Å². The molecule has 3 aromatic heterocycles. The third kappa shape index (κ3) is 5.52. The zero-order chi connectivity index (χ0) is 39.6. The van der Waals surface area contributed by atoms with Gasteiger partial charge in [0.1, 0.15) is 0 Å². The summed E-state index contributed by atoms with van der Waals surface area (Å²) < 4.78 is 4.70. The smallest absolute Gasteiger partial charge is 0.166 e. The van der Waals surface area contributed by atoms with Crippen LogP contribution in [0.15, 0.2) is 212 Å². The molecule has 0 bridgehead atoms. The third-order valence-corrected chi connectivity index (χ3v) is 11.7. The van der Waals surface area contributed by atoms with E-state index < -0.39 is 0 Å². The Bertz CT molecular complexity index is 3580. The molecule has 0 fully saturated rings. The largest absolute Gasteiger partial charge is 0.309 e. The van der Waals surface area contributed by atoms with Gasteiger partial charge in [-0.3, -0.25) is 0 Å². The summed E-state index contributed by atoms with van der Waals surface area (Å²) in [5.74, 6) is 1.83. The molecule has 0 saturated heterocycles. The minimum absolute atomic E-state index is 0.606. The van der Waals surface area contributed by atoms with Gasteiger partial charge in [0.05, 0.1) is 22.1 Å². The van der Waals surface area contributed by atoms with E-state index in [2.05, 4.69) is 215 Å². The molecular weight excluding hydrogens is 731 g/mol. The van der Waals surface area contributed by atoms with E-state index in [-0.39, 0.29) is 0 Å². The summed E-state index contributed by atoms with van der Waals surface area (Å²) in [5.41, 5.74) is 11.7. The molecular formula is C55H35N5. The van der Waals surface area contributed by atoms with Gasteiger partial charge in [-0.15, -0.1) is 0 Å². The molecule has 280 valence electrons. The average Bonchev–Trinajstić information content (AvgIpc) is 3.84. The summed E-state index contributed by atoms with van der Waals surface area (Å²) in [7, 11) is 0. The van der Waals surface area contributed by atoms with E-state index in [0.717, 1.165) is 66.6 Å². The molecule has 0 spiro atoms. The number of hydrogen-bond donors (Lipinski definition) is 0. The van der Waals surface area contributed by atoms with Crippen LogP contribution in [0.1, 0.15) is 0 Å². The predicted octanol–water partition coefficient (Wildman–Crippen LogP) is 13.9. The van der Waals surface area contributed by atoms with Gasteiger partial charge >= 0.3 is 0 Å². The van der Waals surface area contributed by atoms with Crippen LogP contribution < -0.4 is 0 Å². The van der Waals surface area contributed by atoms with Crippen molar-refractivity contribution >= 4 is 54.4 Å². The molecule has 12 rings (SSSR count). The van der Waals surface area contributed by atoms with E-state index >= 15 is 0 Å². The van der Waals surface area contributed by atoms with Crippen molar-refractivity contribution in [3.05, 3.63) is 212 Å². The number of hydrogen-bond acceptors (Lipinski definition) is 3. The highest BCUT2D eigenvalue weighted by molar-refractivity contribution is 6.14. The number of para-hydroxylation sites is 4. The van der Waals surface area contributed by atoms with Crippen LogP contribution in [0.3, 0.4) is 0 Å². The van der Waals surface area contributed by atoms with Gasteiger partial charge in [-0.25, -0.2) is 15.0 Å². The minimum Gasteiger partial charge on any atom is -0.309 e. The van der Waals surface area contributed by atoms with Crippen LogP contribution in [-0.4, -0.2) is 24.1 Å². The molecule has 0 aliphatic heterocycles. The summed E-state index contributed by atoms with van der Waals surface area (Å²) in [5, 5.41) is 7.19. The maximum atomic E-state index is 5.36. The van der Waals surface area contributed by atoms with Crippen LogP contribution in [0.5, 0.6) is 0 Å². The first-order valence-electron chi connectivity index (χ1n) is 20.3. The van der Waals surface area contributed by atoms with Crippen molar-refractivity contribution in [2.45, 2.75) is 0 Å². The van der Waals surface area contributed by atoms with E-state index in [4.69, 9.17) is 15.0 Å². The van der Waals surface area contributed by atoms with Gasteiger partial charge in [0.2, 0.25) is 0 Å². The van der Waals surface area contributed by atoms with Gasteiger partial charge in [0.25, 0.3) is 0 Å². The van der Waals surface area contributed by atoms with E-state index in [1.807, 2.05) is 6.07 Å². The maximum Gasteiger partial charge on any atom is 0.166 e. The lowest BCUT2D eigenvalue weighted by Gasteiger charge is -2.14. The Morgan fingerprint density at radius 1 is 0.283 bits per heavy atom. The highest BCUT2D eigenvalue weighted by Crippen LogP contribution is 2.39. The molecule has 12 aromatic rings. The molecule has 3 heterocycles. The molecule has 9 aromatic carbocycles. The summed E-state index contributed by atoms with van der Waals surface area (Å²) in [6.07, 6.45) is 0. The lowest BCUT2D eigenvalue weighted by molar-refractivity contribution is 1.07. The van der Waals surface area contributed by atoms with Gasteiger partial charge in [0.15, 0.2) is 17.5 Å². The van der Waals surface area contributed by atoms with Crippen LogP contribution in [-0.2, 0) is 0 Å². The highest BCUT2D eigenvalue weighted by atomic mass is 15.1. The highest BCUT2D eigenvalue weighted by Gasteiger charge is 2.21. The lowest BCUT2D eigenvalue weighted by Crippen LogP contribution is -2.02. The first-order chi connectivity index (χ1) is 29.7. The molecule has 5 nitrogen and oxygen atoms in total. The molecule has 0 radical (unpaired) electrons. The topological polar surface area (TPSA) is 48.5 Å². The molecule has 0 amide bonds. The van der Waals surface area contributed by atoms with Crippen LogP contribution >= 0.6 is 0 Å². The van der Waals surface area contributed by atoms with Crippen molar-refractivity contribution in [2.75, 3.05) is 0 Å². The fourth-order valence-electron chi connectivity index (χ4n) is 8.96. The van der Waals surface area contributed by atoms with Gasteiger partial charge in [-0.05, 0) is 76.5 Å². The van der Waals surface area contributed by atoms with Crippen LogP contribution in [0, 0.1) is 0 Å². The summed E-state index contributed by atoms with van der Waals surface area (Å²) in [4.78, 5) is 15.9. The average molecular weight is 766 g/mol. The normalized spacial score (nSPS) is 11.7. The SMILES string of the molecule is c1ccc(-c2ccc(-c3nc(-c4cccc(-n5c6ccccc6c6cc7ccccc7cc65)c4)nc(-c4cccc5c6ccccc6n(-c6ccccc6)c45)n3)cc2)cc1. The van der Waals surface area contributed by atoms with Gasteiger partial charge in [-0.2, -0.15) is 0 Å². The van der Waals surface area contributed by atoms with Gasteiger partial charge < -0.3 is 9.13 Å². The zero-order valence-electron chi connectivity index (χ0n) is 32.4. The van der Waals surface area contributed by atoms with E-state index in [9.17, 15) is 0 Å². The predicted molar refractivity (Wildman–Crippen MR) is 248 cm³/mol. The number of aromatic nitrogens is 5. The Labute approximate surface area is 346 Å². The fraction of sp³-hybridized carbons (Fsp3) is 0. The van der Waals surface area contributed by atoms with Crippen molar-refractivity contribution in [1.82, 2.24) is 24.1 Å². The Hall–Kier alpha value is -8.15. The second-order valence-electron chi connectivity index (χ2n) is 15.3. The van der Waals surface area contributed by atoms with Crippen molar-refractivity contribution in [3.8, 4) is 56.7 Å². The van der Waals surface area contributed by atoms with Gasteiger partial charge in [0, 0.05) is 49.6 Å². The Balaban J connectivity index is 1.09. The summed E-state index contributed by atoms with van der Waals surface area (Å²) in [6, 6.07) is 75.0. The standard InChI is InChI=1S/C55H35N5/c1-3-15-36(16-4-1)37-29-31-38(32-30-37)53-56-54(58-55(57-53)47-26-14-25-46-44-23-9-12-28-50(44)60(52(46)47)42-20-5-2-6-21-42)41-19-13-22-43(33-41)59-49-27-11-10-24-45(49)48-34-39-17-7-8-18-40(39)35-51(48)59/h1-35H. The number of benzene rings is 9. The Kier molecular flexibility index (Phi) is 7.78. The van der Waals surface area contributed by atoms with Crippen LogP contribution in [0.2, 0.25) is 0 Å². The van der Waals surface area contributed by atoms with E-state index in [1.165, 1.54) is 26.9 Å². The second-order valence-corrected chi connectivity index (χ2v) is 15.3. The number of fused-ring (bicyclic) bond motifs is 7. The molecule has 0 unspecified atom stereocenters. The van der Waals surface area contributed by atoms with Crippen LogP contribution in [0.25, 0.3) is 111 Å². The molecule has 0 N–H and O–H groups in total. The van der Waals surface area contributed by atoms with Gasteiger partial charge in [-0.1, -0.05) is 158 Å². The number of rotatable bonds is 6. The second kappa shape index (κ2) is 13.8. The van der Waals surface area contributed by atoms with Crippen LogP contribution in [0.4, 0.5) is 0 Å². The van der Waals surface area contributed by atoms with Crippen molar-refractivity contribution in [2.24, 2.45) is 0 Å². The minimum atomic E-state index is 0.606. The first-order valence-corrected chi connectivity index (χ1v) is 20.3. The molecule has 60 heavy (non-hydrogen) atoms. The maximum absolute atomic E-state index is 5.36. The third-order valence-electron chi connectivity index (χ3n) is 11.7. The molecule has 0 saturated carbocycles. The molecule has 0 aliphatic carbocycles. The monoisotopic (exact) mass is 765 g/mol. The Morgan fingerprint density at radius 3 is 1.57 bits per heavy atom. The first kappa shape index (κ1) is 33.9. The van der Waals surface area contributed by atoms with Crippen molar-refractivity contribution in [3.63, 3.8) is 0 Å². The van der Waals surface area contributed by atoms with Crippen molar-refractivity contribution in [1.29, 1.82) is 0 Å². The molecule has 5 heteroatoms. The fourth-order valence-corrected chi connectivity index (χ4v) is 8.96. The van der Waals surface area contributed by atoms with E-state index in [0.29, 0.717) is 17.5 Å².